The third-order valence-corrected chi connectivity index (χ3v) is 2.41. The van der Waals surface area contributed by atoms with Crippen molar-refractivity contribution in [2.45, 2.75) is 13.8 Å². The summed E-state index contributed by atoms with van der Waals surface area (Å²) in [6, 6.07) is 13.7. The minimum Gasteiger partial charge on any atom is -0.340 e. The molecule has 1 heterocycles. The van der Waals surface area contributed by atoms with E-state index in [0.29, 0.717) is 11.4 Å². The molecule has 1 aromatic heterocycles. The number of aromatic nitrogens is 1. The van der Waals surface area contributed by atoms with Gasteiger partial charge in [0.1, 0.15) is 5.82 Å². The summed E-state index contributed by atoms with van der Waals surface area (Å²) in [6.07, 6.45) is 0. The van der Waals surface area contributed by atoms with Gasteiger partial charge in [0.15, 0.2) is 0 Å². The van der Waals surface area contributed by atoms with Gasteiger partial charge in [-0.25, -0.2) is 4.98 Å². The van der Waals surface area contributed by atoms with Crippen molar-refractivity contribution in [2.75, 3.05) is 5.32 Å². The van der Waals surface area contributed by atoms with Crippen LogP contribution in [-0.4, -0.2) is 4.98 Å². The molecule has 0 bridgehead atoms. The summed E-state index contributed by atoms with van der Waals surface area (Å²) < 4.78 is 0. The van der Waals surface area contributed by atoms with Crippen LogP contribution in [0, 0.1) is 25.2 Å². The second-order valence-corrected chi connectivity index (χ2v) is 3.99. The maximum atomic E-state index is 8.88. The van der Waals surface area contributed by atoms with Gasteiger partial charge in [-0.2, -0.15) is 5.26 Å². The SMILES string of the molecule is Cc1ccc(Nc2cc(C#N)cc(C)n2)cc1. The first-order chi connectivity index (χ1) is 8.17. The molecule has 0 saturated heterocycles. The van der Waals surface area contributed by atoms with Crippen molar-refractivity contribution in [3.8, 4) is 6.07 Å². The Morgan fingerprint density at radius 1 is 1.12 bits per heavy atom. The molecular weight excluding hydrogens is 210 g/mol. The van der Waals surface area contributed by atoms with Gasteiger partial charge in [0, 0.05) is 11.4 Å². The van der Waals surface area contributed by atoms with Gasteiger partial charge in [0.2, 0.25) is 0 Å². The van der Waals surface area contributed by atoms with E-state index in [1.165, 1.54) is 5.56 Å². The second kappa shape index (κ2) is 4.67. The Hall–Kier alpha value is -2.34. The third-order valence-electron chi connectivity index (χ3n) is 2.41. The molecule has 84 valence electrons. The van der Waals surface area contributed by atoms with Crippen LogP contribution in [0.1, 0.15) is 16.8 Å². The first-order valence-electron chi connectivity index (χ1n) is 5.40. The van der Waals surface area contributed by atoms with Crippen LogP contribution in [0.4, 0.5) is 11.5 Å². The summed E-state index contributed by atoms with van der Waals surface area (Å²) in [7, 11) is 0. The van der Waals surface area contributed by atoms with Crippen molar-refractivity contribution in [3.05, 3.63) is 53.2 Å². The molecule has 0 amide bonds. The number of rotatable bonds is 2. The van der Waals surface area contributed by atoms with Crippen LogP contribution in [0.25, 0.3) is 0 Å². The molecular formula is C14H13N3. The third kappa shape index (κ3) is 2.82. The van der Waals surface area contributed by atoms with Crippen LogP contribution >= 0.6 is 0 Å². The fourth-order valence-corrected chi connectivity index (χ4v) is 1.58. The molecule has 0 fully saturated rings. The molecule has 0 saturated carbocycles. The largest absolute Gasteiger partial charge is 0.340 e. The van der Waals surface area contributed by atoms with Crippen LogP contribution < -0.4 is 5.32 Å². The van der Waals surface area contributed by atoms with Crippen LogP contribution in [0.15, 0.2) is 36.4 Å². The van der Waals surface area contributed by atoms with E-state index in [-0.39, 0.29) is 0 Å². The Balaban J connectivity index is 2.27. The van der Waals surface area contributed by atoms with E-state index in [1.54, 1.807) is 12.1 Å². The topological polar surface area (TPSA) is 48.7 Å². The number of anilines is 2. The van der Waals surface area contributed by atoms with Gasteiger partial charge in [0.25, 0.3) is 0 Å². The van der Waals surface area contributed by atoms with Gasteiger partial charge in [-0.05, 0) is 38.1 Å². The van der Waals surface area contributed by atoms with Crippen LogP contribution in [-0.2, 0) is 0 Å². The second-order valence-electron chi connectivity index (χ2n) is 3.99. The molecule has 1 N–H and O–H groups in total. The van der Waals surface area contributed by atoms with Crippen molar-refractivity contribution in [2.24, 2.45) is 0 Å². The highest BCUT2D eigenvalue weighted by Gasteiger charge is 2.00. The number of hydrogen-bond acceptors (Lipinski definition) is 3. The Bertz CT molecular complexity index is 565. The van der Waals surface area contributed by atoms with E-state index in [2.05, 4.69) is 16.4 Å². The average molecular weight is 223 g/mol. The molecule has 1 aromatic carbocycles. The maximum absolute atomic E-state index is 8.88. The normalized spacial score (nSPS) is 9.71. The standard InChI is InChI=1S/C14H13N3/c1-10-3-5-13(6-4-10)17-14-8-12(9-15)7-11(2)16-14/h3-8H,1-2H3,(H,16,17). The molecule has 0 unspecified atom stereocenters. The molecule has 2 aromatic rings. The first-order valence-corrected chi connectivity index (χ1v) is 5.40. The van der Waals surface area contributed by atoms with E-state index in [9.17, 15) is 0 Å². The molecule has 0 aliphatic heterocycles. The van der Waals surface area contributed by atoms with Crippen molar-refractivity contribution < 1.29 is 0 Å². The number of nitrogens with one attached hydrogen (secondary N) is 1. The van der Waals surface area contributed by atoms with Gasteiger partial charge >= 0.3 is 0 Å². The van der Waals surface area contributed by atoms with Crippen molar-refractivity contribution in [1.82, 2.24) is 4.98 Å². The molecule has 0 spiro atoms. The Morgan fingerprint density at radius 3 is 2.47 bits per heavy atom. The van der Waals surface area contributed by atoms with Gasteiger partial charge in [-0.15, -0.1) is 0 Å². The predicted molar refractivity (Wildman–Crippen MR) is 68.2 cm³/mol. The Kier molecular flexibility index (Phi) is 3.06. The lowest BCUT2D eigenvalue weighted by atomic mass is 10.2. The number of nitriles is 1. The number of pyridine rings is 1. The smallest absolute Gasteiger partial charge is 0.131 e. The number of nitrogens with zero attached hydrogens (tertiary/aromatic N) is 2. The lowest BCUT2D eigenvalue weighted by Crippen LogP contribution is -1.96. The maximum Gasteiger partial charge on any atom is 0.131 e. The molecule has 0 aliphatic rings. The summed E-state index contributed by atoms with van der Waals surface area (Å²) in [4.78, 5) is 4.34. The fourth-order valence-electron chi connectivity index (χ4n) is 1.58. The summed E-state index contributed by atoms with van der Waals surface area (Å²) in [6.45, 7) is 3.92. The highest BCUT2D eigenvalue weighted by atomic mass is 15.0. The molecule has 0 radical (unpaired) electrons. The molecule has 0 aliphatic carbocycles. The number of aryl methyl sites for hydroxylation is 2. The molecule has 3 nitrogen and oxygen atoms in total. The zero-order chi connectivity index (χ0) is 12.3. The van der Waals surface area contributed by atoms with E-state index >= 15 is 0 Å². The highest BCUT2D eigenvalue weighted by Crippen LogP contribution is 2.16. The van der Waals surface area contributed by atoms with Gasteiger partial charge in [-0.3, -0.25) is 0 Å². The lowest BCUT2D eigenvalue weighted by Gasteiger charge is -2.07. The van der Waals surface area contributed by atoms with Crippen LogP contribution in [0.5, 0.6) is 0 Å². The Labute approximate surface area is 101 Å². The van der Waals surface area contributed by atoms with E-state index in [1.807, 2.05) is 38.1 Å². The predicted octanol–water partition coefficient (Wildman–Crippen LogP) is 3.31. The number of benzene rings is 1. The lowest BCUT2D eigenvalue weighted by molar-refractivity contribution is 1.19. The number of hydrogen-bond donors (Lipinski definition) is 1. The highest BCUT2D eigenvalue weighted by molar-refractivity contribution is 5.58. The monoisotopic (exact) mass is 223 g/mol. The van der Waals surface area contributed by atoms with Gasteiger partial charge < -0.3 is 5.32 Å². The fraction of sp³-hybridized carbons (Fsp3) is 0.143. The first kappa shape index (κ1) is 11.2. The molecule has 2 rings (SSSR count). The quantitative estimate of drug-likeness (QED) is 0.849. The van der Waals surface area contributed by atoms with Gasteiger partial charge in [-0.1, -0.05) is 17.7 Å². The van der Waals surface area contributed by atoms with Crippen molar-refractivity contribution >= 4 is 11.5 Å². The minimum atomic E-state index is 0.618. The molecule has 17 heavy (non-hydrogen) atoms. The van der Waals surface area contributed by atoms with Crippen LogP contribution in [0.2, 0.25) is 0 Å². The van der Waals surface area contributed by atoms with E-state index in [4.69, 9.17) is 5.26 Å². The van der Waals surface area contributed by atoms with Crippen LogP contribution in [0.3, 0.4) is 0 Å². The average Bonchev–Trinajstić information content (AvgIpc) is 2.31. The zero-order valence-electron chi connectivity index (χ0n) is 9.86. The van der Waals surface area contributed by atoms with Gasteiger partial charge in [0.05, 0.1) is 11.6 Å². The van der Waals surface area contributed by atoms with Crippen molar-refractivity contribution in [3.63, 3.8) is 0 Å². The molecule has 0 atom stereocenters. The zero-order valence-corrected chi connectivity index (χ0v) is 9.86. The van der Waals surface area contributed by atoms with Crippen molar-refractivity contribution in [1.29, 1.82) is 5.26 Å². The van der Waals surface area contributed by atoms with E-state index in [0.717, 1.165) is 11.4 Å². The summed E-state index contributed by atoms with van der Waals surface area (Å²) in [5, 5.41) is 12.1. The minimum absolute atomic E-state index is 0.618. The Morgan fingerprint density at radius 2 is 1.82 bits per heavy atom. The van der Waals surface area contributed by atoms with E-state index < -0.39 is 0 Å². The summed E-state index contributed by atoms with van der Waals surface area (Å²) in [5.41, 5.74) is 3.63. The molecule has 3 heteroatoms. The summed E-state index contributed by atoms with van der Waals surface area (Å²) in [5.74, 6) is 0.699. The summed E-state index contributed by atoms with van der Waals surface area (Å²) >= 11 is 0.